The van der Waals surface area contributed by atoms with Gasteiger partial charge in [0, 0.05) is 12.8 Å². The van der Waals surface area contributed by atoms with Crippen molar-refractivity contribution in [1.29, 1.82) is 0 Å². The number of β-lactam (4-membered cyclic amide) rings is 1. The lowest BCUT2D eigenvalue weighted by atomic mass is 9.92. The minimum absolute atomic E-state index is 0.153. The van der Waals surface area contributed by atoms with Crippen LogP contribution in [0.4, 0.5) is 0 Å². The summed E-state index contributed by atoms with van der Waals surface area (Å²) >= 11 is 2.23. The molecule has 0 spiro atoms. The number of aliphatic hydroxyl groups is 1. The molecule has 4 rings (SSSR count). The number of hydrogen-bond acceptors (Lipinski definition) is 10. The molecule has 4 heterocycles. The fraction of sp³-hybridized carbons (Fsp3) is 0.632. The highest BCUT2D eigenvalue weighted by atomic mass is 32.2. The summed E-state index contributed by atoms with van der Waals surface area (Å²) in [6.45, 7) is 3.21. The Kier molecular flexibility index (Phi) is 6.82. The molecule has 12 heteroatoms. The zero-order valence-electron chi connectivity index (χ0n) is 17.1. The number of amides is 1. The van der Waals surface area contributed by atoms with E-state index in [1.165, 1.54) is 28.4 Å². The van der Waals surface area contributed by atoms with E-state index in [0.29, 0.717) is 22.2 Å². The number of aliphatic hydroxyl groups excluding tert-OH is 1. The zero-order valence-corrected chi connectivity index (χ0v) is 19.5. The van der Waals surface area contributed by atoms with Crippen molar-refractivity contribution in [1.82, 2.24) is 4.90 Å². The number of ether oxygens (including phenoxy) is 1. The van der Waals surface area contributed by atoms with Gasteiger partial charge in [-0.2, -0.15) is 4.55 Å². The van der Waals surface area contributed by atoms with E-state index >= 15 is 0 Å². The number of carbonyl (C=O) groups is 2. The molecule has 0 aromatic carbocycles. The van der Waals surface area contributed by atoms with Gasteiger partial charge in [-0.15, -0.1) is 11.8 Å². The quantitative estimate of drug-likeness (QED) is 0.316. The molecule has 2 fully saturated rings. The van der Waals surface area contributed by atoms with Gasteiger partial charge in [0.1, 0.15) is 22.3 Å². The predicted octanol–water partition coefficient (Wildman–Crippen LogP) is 1.91. The van der Waals surface area contributed by atoms with Gasteiger partial charge in [0.05, 0.1) is 21.5 Å². The van der Waals surface area contributed by atoms with Crippen molar-refractivity contribution < 1.29 is 32.8 Å². The molecule has 9 nitrogen and oxygen atoms in total. The Morgan fingerprint density at radius 3 is 2.77 bits per heavy atom. The molecule has 3 aliphatic heterocycles. The van der Waals surface area contributed by atoms with Crippen LogP contribution in [-0.4, -0.2) is 54.7 Å². The Hall–Kier alpha value is -1.34. The Labute approximate surface area is 190 Å². The molecule has 0 bridgehead atoms. The number of carbonyl (C=O) groups excluding carboxylic acids is 2. The third kappa shape index (κ3) is 4.45. The van der Waals surface area contributed by atoms with Crippen LogP contribution in [0.3, 0.4) is 0 Å². The number of esters is 1. The molecule has 1 aromatic heterocycles. The summed E-state index contributed by atoms with van der Waals surface area (Å²) in [6, 6.07) is 0. The van der Waals surface area contributed by atoms with E-state index in [1.54, 1.807) is 6.92 Å². The fourth-order valence-electron chi connectivity index (χ4n) is 3.78. The van der Waals surface area contributed by atoms with Crippen molar-refractivity contribution in [3.8, 4) is 0 Å². The third-order valence-electron chi connectivity index (χ3n) is 5.32. The number of thioether (sulfide) groups is 2. The third-order valence-corrected chi connectivity index (χ3v) is 9.90. The second-order valence-electron chi connectivity index (χ2n) is 7.61. The summed E-state index contributed by atoms with van der Waals surface area (Å²) in [4.78, 5) is 38.4. The van der Waals surface area contributed by atoms with Gasteiger partial charge in [0.15, 0.2) is 29.6 Å². The van der Waals surface area contributed by atoms with Gasteiger partial charge in [0.2, 0.25) is 5.91 Å². The maximum atomic E-state index is 13.0. The Morgan fingerprint density at radius 1 is 1.39 bits per heavy atom. The Balaban J connectivity index is 1.53. The standard InChI is InChI=1S/C19H24NO8S3/c1-3-4-11-12(28-19(24)27-11)7-26-17(23)14-18(29-10-5-6-31(25)8-10)30-16-13(9(2)21)15(22)20(14)16/h9-10,13,16,21,25H,3-8H2,1-2H3/q+1/t9-,10?,13+,16-,31?/m1/s1. The van der Waals surface area contributed by atoms with E-state index in [4.69, 9.17) is 13.6 Å². The maximum Gasteiger partial charge on any atom is 0.519 e. The first-order chi connectivity index (χ1) is 14.8. The van der Waals surface area contributed by atoms with Crippen LogP contribution in [0.1, 0.15) is 38.2 Å². The van der Waals surface area contributed by atoms with Gasteiger partial charge in [-0.25, -0.2) is 9.59 Å². The topological polar surface area (TPSA) is 130 Å². The van der Waals surface area contributed by atoms with Crippen molar-refractivity contribution in [3.05, 3.63) is 32.1 Å². The fourth-order valence-corrected chi connectivity index (χ4v) is 9.07. The molecule has 0 aliphatic carbocycles. The molecule has 2 saturated heterocycles. The molecule has 2 unspecified atom stereocenters. The van der Waals surface area contributed by atoms with E-state index in [1.807, 2.05) is 6.92 Å². The summed E-state index contributed by atoms with van der Waals surface area (Å²) in [7, 11) is 0. The first kappa shape index (κ1) is 22.8. The lowest BCUT2D eigenvalue weighted by Crippen LogP contribution is -2.60. The summed E-state index contributed by atoms with van der Waals surface area (Å²) in [5, 5.41) is 9.77. The predicted molar refractivity (Wildman–Crippen MR) is 117 cm³/mol. The average Bonchev–Trinajstić information content (AvgIpc) is 3.36. The SMILES string of the molecule is CCCc1oc(=O)oc1COC(=O)C1=C(SC2CC[S+](O)C2)S[C@@H]2[C@@H]([C@@H](C)O)C(=O)N12. The summed E-state index contributed by atoms with van der Waals surface area (Å²) in [5.74, 6) is -0.545. The molecule has 170 valence electrons. The molecule has 2 N–H and O–H groups in total. The summed E-state index contributed by atoms with van der Waals surface area (Å²) in [5.41, 5.74) is 0.162. The van der Waals surface area contributed by atoms with Gasteiger partial charge in [-0.3, -0.25) is 9.69 Å². The minimum Gasteiger partial charge on any atom is -0.453 e. The van der Waals surface area contributed by atoms with Gasteiger partial charge in [-0.05, 0) is 13.3 Å². The Morgan fingerprint density at radius 2 is 2.13 bits per heavy atom. The van der Waals surface area contributed by atoms with Gasteiger partial charge in [-0.1, -0.05) is 18.7 Å². The van der Waals surface area contributed by atoms with Crippen LogP contribution in [0.25, 0.3) is 0 Å². The summed E-state index contributed by atoms with van der Waals surface area (Å²) < 4.78 is 25.9. The molecular weight excluding hydrogens is 466 g/mol. The maximum absolute atomic E-state index is 13.0. The van der Waals surface area contributed by atoms with Crippen molar-refractivity contribution in [3.63, 3.8) is 0 Å². The van der Waals surface area contributed by atoms with Gasteiger partial charge >= 0.3 is 11.8 Å². The van der Waals surface area contributed by atoms with Crippen LogP contribution in [0.15, 0.2) is 23.6 Å². The van der Waals surface area contributed by atoms with E-state index in [-0.39, 0.29) is 34.6 Å². The van der Waals surface area contributed by atoms with Crippen molar-refractivity contribution in [2.75, 3.05) is 11.5 Å². The van der Waals surface area contributed by atoms with Crippen molar-refractivity contribution in [2.45, 2.75) is 56.4 Å². The van der Waals surface area contributed by atoms with Crippen LogP contribution >= 0.6 is 23.5 Å². The Bertz CT molecular complexity index is 954. The highest BCUT2D eigenvalue weighted by Crippen LogP contribution is 2.55. The number of aryl methyl sites for hydroxylation is 1. The molecular formula is C19H24NO8S3+. The van der Waals surface area contributed by atoms with Crippen LogP contribution in [0.2, 0.25) is 0 Å². The van der Waals surface area contributed by atoms with Crippen molar-refractivity contribution in [2.24, 2.45) is 5.92 Å². The average molecular weight is 491 g/mol. The number of nitrogens with zero attached hydrogens (tertiary/aromatic N) is 1. The number of fused-ring (bicyclic) bond motifs is 1. The minimum atomic E-state index is -0.847. The highest BCUT2D eigenvalue weighted by Gasteiger charge is 2.58. The van der Waals surface area contributed by atoms with Gasteiger partial charge < -0.3 is 18.7 Å². The smallest absolute Gasteiger partial charge is 0.453 e. The molecule has 0 saturated carbocycles. The zero-order chi connectivity index (χ0) is 22.3. The molecule has 0 radical (unpaired) electrons. The normalized spacial score (nSPS) is 28.6. The van der Waals surface area contributed by atoms with Crippen LogP contribution in [0.5, 0.6) is 0 Å². The summed E-state index contributed by atoms with van der Waals surface area (Å²) in [6.07, 6.45) is 1.21. The molecule has 31 heavy (non-hydrogen) atoms. The molecule has 3 aliphatic rings. The molecule has 1 aromatic rings. The van der Waals surface area contributed by atoms with Crippen LogP contribution < -0.4 is 5.82 Å². The van der Waals surface area contributed by atoms with Crippen LogP contribution in [0, 0.1) is 5.92 Å². The van der Waals surface area contributed by atoms with Crippen LogP contribution in [-0.2, 0) is 38.5 Å². The molecule has 1 amide bonds. The highest BCUT2D eigenvalue weighted by molar-refractivity contribution is 8.23. The van der Waals surface area contributed by atoms with Crippen molar-refractivity contribution >= 4 is 46.6 Å². The van der Waals surface area contributed by atoms with E-state index in [9.17, 15) is 24.0 Å². The number of rotatable bonds is 8. The van der Waals surface area contributed by atoms with E-state index in [2.05, 4.69) is 0 Å². The largest absolute Gasteiger partial charge is 0.519 e. The molecule has 5 atom stereocenters. The van der Waals surface area contributed by atoms with E-state index in [0.717, 1.165) is 18.6 Å². The number of hydrogen-bond donors (Lipinski definition) is 2. The first-order valence-corrected chi connectivity index (χ1v) is 13.3. The monoisotopic (exact) mass is 490 g/mol. The lowest BCUT2D eigenvalue weighted by Gasteiger charge is -2.43. The second kappa shape index (κ2) is 9.26. The lowest BCUT2D eigenvalue weighted by molar-refractivity contribution is -0.158. The first-order valence-electron chi connectivity index (χ1n) is 10.0. The van der Waals surface area contributed by atoms with E-state index < -0.39 is 35.0 Å². The van der Waals surface area contributed by atoms with Gasteiger partial charge in [0.25, 0.3) is 0 Å². The second-order valence-corrected chi connectivity index (χ2v) is 12.0.